The van der Waals surface area contributed by atoms with Gasteiger partial charge in [0.15, 0.2) is 5.43 Å². The molecule has 0 saturated heterocycles. The van der Waals surface area contributed by atoms with E-state index in [4.69, 9.17) is 19.0 Å². The summed E-state index contributed by atoms with van der Waals surface area (Å²) in [5.41, 5.74) is 2.55. The predicted octanol–water partition coefficient (Wildman–Crippen LogP) is 4.00. The first-order chi connectivity index (χ1) is 13.5. The average Bonchev–Trinajstić information content (AvgIpc) is 3.10. The van der Waals surface area contributed by atoms with Crippen molar-refractivity contribution in [1.82, 2.24) is 0 Å². The normalized spacial score (nSPS) is 14.3. The van der Waals surface area contributed by atoms with Crippen LogP contribution in [-0.4, -0.2) is 25.3 Å². The molecule has 4 rings (SSSR count). The van der Waals surface area contributed by atoms with Crippen LogP contribution in [0.15, 0.2) is 45.6 Å². The SMILES string of the molecule is COc1ccc(OC)c(/C=C2\CCc3c2oc2ccc(C(=O)O)cc2c3=O)c1. The van der Waals surface area contributed by atoms with Crippen LogP contribution >= 0.6 is 0 Å². The number of fused-ring (bicyclic) bond motifs is 2. The van der Waals surface area contributed by atoms with Gasteiger partial charge >= 0.3 is 5.97 Å². The molecule has 0 spiro atoms. The molecule has 2 aromatic carbocycles. The van der Waals surface area contributed by atoms with Crippen molar-refractivity contribution in [3.8, 4) is 11.5 Å². The summed E-state index contributed by atoms with van der Waals surface area (Å²) in [5, 5.41) is 9.45. The Morgan fingerprint density at radius 3 is 2.64 bits per heavy atom. The van der Waals surface area contributed by atoms with E-state index in [0.29, 0.717) is 46.6 Å². The van der Waals surface area contributed by atoms with Gasteiger partial charge in [0.1, 0.15) is 22.8 Å². The topological polar surface area (TPSA) is 86.0 Å². The molecule has 6 nitrogen and oxygen atoms in total. The van der Waals surface area contributed by atoms with Gasteiger partial charge in [-0.1, -0.05) is 0 Å². The van der Waals surface area contributed by atoms with Gasteiger partial charge in [0, 0.05) is 11.1 Å². The van der Waals surface area contributed by atoms with Crippen LogP contribution in [0.3, 0.4) is 0 Å². The maximum absolute atomic E-state index is 12.9. The Morgan fingerprint density at radius 1 is 1.11 bits per heavy atom. The maximum atomic E-state index is 12.9. The van der Waals surface area contributed by atoms with Crippen molar-refractivity contribution in [3.05, 3.63) is 69.1 Å². The first kappa shape index (κ1) is 17.9. The fourth-order valence-electron chi connectivity index (χ4n) is 3.50. The molecule has 1 aliphatic carbocycles. The summed E-state index contributed by atoms with van der Waals surface area (Å²) in [7, 11) is 3.19. The van der Waals surface area contributed by atoms with Crippen molar-refractivity contribution < 1.29 is 23.8 Å². The zero-order chi connectivity index (χ0) is 19.8. The molecule has 1 N–H and O–H groups in total. The van der Waals surface area contributed by atoms with E-state index < -0.39 is 5.97 Å². The van der Waals surface area contributed by atoms with E-state index in [9.17, 15) is 9.59 Å². The summed E-state index contributed by atoms with van der Waals surface area (Å²) < 4.78 is 16.7. The Labute approximate surface area is 160 Å². The quantitative estimate of drug-likeness (QED) is 0.739. The molecule has 0 radical (unpaired) electrons. The van der Waals surface area contributed by atoms with Crippen LogP contribution in [0.2, 0.25) is 0 Å². The standard InChI is InChI=1S/C22H18O6/c1-26-15-5-8-18(27-2)14(10-15)9-12-3-6-16-20(23)17-11-13(22(24)25)4-7-19(17)28-21(12)16/h4-5,7-11H,3,6H2,1-2H3,(H,24,25)/b12-9+. The van der Waals surface area contributed by atoms with Gasteiger partial charge in [0.05, 0.1) is 25.2 Å². The molecule has 142 valence electrons. The van der Waals surface area contributed by atoms with Gasteiger partial charge in [0.2, 0.25) is 0 Å². The van der Waals surface area contributed by atoms with Crippen LogP contribution < -0.4 is 14.9 Å². The zero-order valence-electron chi connectivity index (χ0n) is 15.4. The lowest BCUT2D eigenvalue weighted by Gasteiger charge is -2.09. The minimum atomic E-state index is -1.08. The van der Waals surface area contributed by atoms with Crippen molar-refractivity contribution in [1.29, 1.82) is 0 Å². The largest absolute Gasteiger partial charge is 0.497 e. The number of carbonyl (C=O) groups is 1. The number of benzene rings is 2. The maximum Gasteiger partial charge on any atom is 0.335 e. The monoisotopic (exact) mass is 378 g/mol. The summed E-state index contributed by atoms with van der Waals surface area (Å²) in [4.78, 5) is 24.1. The van der Waals surface area contributed by atoms with E-state index in [-0.39, 0.29) is 11.0 Å². The highest BCUT2D eigenvalue weighted by Crippen LogP contribution is 2.36. The fourth-order valence-corrected chi connectivity index (χ4v) is 3.50. The second-order valence-electron chi connectivity index (χ2n) is 6.53. The zero-order valence-corrected chi connectivity index (χ0v) is 15.4. The summed E-state index contributed by atoms with van der Waals surface area (Å²) in [5.74, 6) is 0.862. The predicted molar refractivity (Wildman–Crippen MR) is 105 cm³/mol. The molecule has 6 heteroatoms. The van der Waals surface area contributed by atoms with Gasteiger partial charge in [-0.3, -0.25) is 4.79 Å². The van der Waals surface area contributed by atoms with Gasteiger partial charge < -0.3 is 19.0 Å². The molecule has 3 aromatic rings. The molecule has 0 amide bonds. The third-order valence-corrected chi connectivity index (χ3v) is 4.93. The van der Waals surface area contributed by atoms with E-state index in [0.717, 1.165) is 11.1 Å². The fraction of sp³-hybridized carbons (Fsp3) is 0.182. The molecule has 0 saturated carbocycles. The van der Waals surface area contributed by atoms with Gasteiger partial charge in [0.25, 0.3) is 0 Å². The highest BCUT2D eigenvalue weighted by molar-refractivity contribution is 5.94. The van der Waals surface area contributed by atoms with E-state index in [1.807, 2.05) is 24.3 Å². The van der Waals surface area contributed by atoms with E-state index in [1.165, 1.54) is 18.2 Å². The molecular formula is C22H18O6. The van der Waals surface area contributed by atoms with Crippen LogP contribution in [-0.2, 0) is 6.42 Å². The first-order valence-corrected chi connectivity index (χ1v) is 8.78. The number of hydrogen-bond donors (Lipinski definition) is 1. The molecule has 0 unspecified atom stereocenters. The Bertz CT molecular complexity index is 1190. The number of carboxylic acid groups (broad SMARTS) is 1. The molecule has 0 aliphatic heterocycles. The molecule has 1 aromatic heterocycles. The van der Waals surface area contributed by atoms with Crippen LogP contribution in [0.25, 0.3) is 22.6 Å². The molecule has 0 atom stereocenters. The third-order valence-electron chi connectivity index (χ3n) is 4.93. The van der Waals surface area contributed by atoms with Crippen LogP contribution in [0.5, 0.6) is 11.5 Å². The lowest BCUT2D eigenvalue weighted by atomic mass is 10.1. The second kappa shape index (κ2) is 6.88. The van der Waals surface area contributed by atoms with E-state index in [2.05, 4.69) is 0 Å². The first-order valence-electron chi connectivity index (χ1n) is 8.78. The molecular weight excluding hydrogens is 360 g/mol. The van der Waals surface area contributed by atoms with Crippen LogP contribution in [0, 0.1) is 0 Å². The molecule has 1 heterocycles. The van der Waals surface area contributed by atoms with Gasteiger partial charge in [-0.05, 0) is 60.9 Å². The van der Waals surface area contributed by atoms with Crippen molar-refractivity contribution >= 4 is 28.6 Å². The molecule has 1 aliphatic rings. The number of rotatable bonds is 4. The van der Waals surface area contributed by atoms with Crippen LogP contribution in [0.4, 0.5) is 0 Å². The highest BCUT2D eigenvalue weighted by atomic mass is 16.5. The lowest BCUT2D eigenvalue weighted by molar-refractivity contribution is 0.0697. The summed E-state index contributed by atoms with van der Waals surface area (Å²) in [6, 6.07) is 9.84. The summed E-state index contributed by atoms with van der Waals surface area (Å²) in [6.45, 7) is 0. The Morgan fingerprint density at radius 2 is 1.93 bits per heavy atom. The van der Waals surface area contributed by atoms with Gasteiger partial charge in [-0.2, -0.15) is 0 Å². The number of allylic oxidation sites excluding steroid dienone is 1. The summed E-state index contributed by atoms with van der Waals surface area (Å²) >= 11 is 0. The smallest absolute Gasteiger partial charge is 0.335 e. The third kappa shape index (κ3) is 2.93. The minimum absolute atomic E-state index is 0.0645. The number of methoxy groups -OCH3 is 2. The lowest BCUT2D eigenvalue weighted by Crippen LogP contribution is -2.09. The van der Waals surface area contributed by atoms with Crippen LogP contribution in [0.1, 0.15) is 33.7 Å². The van der Waals surface area contributed by atoms with Crippen molar-refractivity contribution in [2.24, 2.45) is 0 Å². The highest BCUT2D eigenvalue weighted by Gasteiger charge is 2.24. The number of carboxylic acids is 1. The molecule has 28 heavy (non-hydrogen) atoms. The number of aromatic carboxylic acids is 1. The van der Waals surface area contributed by atoms with E-state index in [1.54, 1.807) is 14.2 Å². The Hall–Kier alpha value is -3.54. The average molecular weight is 378 g/mol. The Balaban J connectivity index is 1.87. The van der Waals surface area contributed by atoms with Crippen molar-refractivity contribution in [2.75, 3.05) is 14.2 Å². The Kier molecular flexibility index (Phi) is 4.39. The number of hydrogen-bond acceptors (Lipinski definition) is 5. The van der Waals surface area contributed by atoms with Gasteiger partial charge in [-0.25, -0.2) is 4.79 Å². The second-order valence-corrected chi connectivity index (χ2v) is 6.53. The van der Waals surface area contributed by atoms with Crippen molar-refractivity contribution in [3.63, 3.8) is 0 Å². The number of ether oxygens (including phenoxy) is 2. The van der Waals surface area contributed by atoms with Gasteiger partial charge in [-0.15, -0.1) is 0 Å². The molecule has 0 bridgehead atoms. The van der Waals surface area contributed by atoms with E-state index >= 15 is 0 Å². The summed E-state index contributed by atoms with van der Waals surface area (Å²) in [6.07, 6.45) is 3.13. The molecule has 0 fully saturated rings. The minimum Gasteiger partial charge on any atom is -0.497 e. The van der Waals surface area contributed by atoms with Crippen molar-refractivity contribution in [2.45, 2.75) is 12.8 Å².